The van der Waals surface area contributed by atoms with E-state index in [1.165, 1.54) is 0 Å². The van der Waals surface area contributed by atoms with Gasteiger partial charge in [-0.1, -0.05) is 24.0 Å². The Morgan fingerprint density at radius 1 is 1.29 bits per heavy atom. The number of nitrogens with one attached hydrogen (secondary N) is 1. The highest BCUT2D eigenvalue weighted by Gasteiger charge is 2.12. The number of nitrogens with zero attached hydrogens (tertiary/aromatic N) is 1. The van der Waals surface area contributed by atoms with Gasteiger partial charge in [-0.15, -0.1) is 0 Å². The number of ether oxygens (including phenoxy) is 1. The Labute approximate surface area is 116 Å². The first-order valence-electron chi connectivity index (χ1n) is 6.14. The zero-order chi connectivity index (χ0) is 13.3. The Kier molecular flexibility index (Phi) is 10.2. The molecule has 0 radical (unpaired) electrons. The molecule has 0 amide bonds. The molecule has 5 heteroatoms. The van der Waals surface area contributed by atoms with E-state index in [4.69, 9.17) is 17.0 Å². The van der Waals surface area contributed by atoms with Crippen molar-refractivity contribution >= 4 is 28.3 Å². The summed E-state index contributed by atoms with van der Waals surface area (Å²) < 4.78 is 5.83. The van der Waals surface area contributed by atoms with Gasteiger partial charge in [0.15, 0.2) is 0 Å². The number of thioether (sulfide) groups is 1. The molecule has 0 fully saturated rings. The molecule has 0 saturated heterocycles. The molecule has 0 unspecified atom stereocenters. The average molecular weight is 278 g/mol. The van der Waals surface area contributed by atoms with Gasteiger partial charge >= 0.3 is 0 Å². The van der Waals surface area contributed by atoms with Crippen LogP contribution in [0.1, 0.15) is 27.7 Å². The Bertz CT molecular complexity index is 203. The topological polar surface area (TPSA) is 24.5 Å². The van der Waals surface area contributed by atoms with Crippen LogP contribution in [-0.2, 0) is 4.74 Å². The largest absolute Gasteiger partial charge is 0.383 e. The highest BCUT2D eigenvalue weighted by molar-refractivity contribution is 8.22. The third-order valence-corrected chi connectivity index (χ3v) is 3.78. The fourth-order valence-electron chi connectivity index (χ4n) is 1.66. The maximum atomic E-state index is 5.23. The second kappa shape index (κ2) is 10.1. The van der Waals surface area contributed by atoms with Crippen molar-refractivity contribution in [1.82, 2.24) is 10.2 Å². The molecule has 0 atom stereocenters. The number of thiocarbonyl (C=S) groups is 1. The van der Waals surface area contributed by atoms with E-state index in [-0.39, 0.29) is 0 Å². The number of methoxy groups -OCH3 is 1. The molecule has 0 aromatic heterocycles. The second-order valence-corrected chi connectivity index (χ2v) is 6.25. The highest BCUT2D eigenvalue weighted by atomic mass is 32.2. The Morgan fingerprint density at radius 3 is 2.35 bits per heavy atom. The lowest BCUT2D eigenvalue weighted by Gasteiger charge is -2.30. The van der Waals surface area contributed by atoms with E-state index >= 15 is 0 Å². The van der Waals surface area contributed by atoms with Crippen molar-refractivity contribution < 1.29 is 4.74 Å². The van der Waals surface area contributed by atoms with Crippen molar-refractivity contribution in [2.75, 3.05) is 32.6 Å². The molecule has 0 bridgehead atoms. The third kappa shape index (κ3) is 8.83. The van der Waals surface area contributed by atoms with E-state index in [1.807, 2.05) is 0 Å². The van der Waals surface area contributed by atoms with Crippen LogP contribution in [-0.4, -0.2) is 53.9 Å². The first-order chi connectivity index (χ1) is 7.99. The van der Waals surface area contributed by atoms with Crippen LogP contribution in [0, 0.1) is 0 Å². The Balaban J connectivity index is 3.70. The van der Waals surface area contributed by atoms with Gasteiger partial charge in [-0.05, 0) is 27.7 Å². The molecule has 1 N–H and O–H groups in total. The normalized spacial score (nSPS) is 11.5. The summed E-state index contributed by atoms with van der Waals surface area (Å²) in [6.45, 7) is 11.5. The summed E-state index contributed by atoms with van der Waals surface area (Å²) in [5, 5.41) is 3.17. The molecule has 0 aromatic carbocycles. The van der Waals surface area contributed by atoms with E-state index in [9.17, 15) is 0 Å². The van der Waals surface area contributed by atoms with Gasteiger partial charge in [0, 0.05) is 38.0 Å². The summed E-state index contributed by atoms with van der Waals surface area (Å²) in [7, 11) is 1.70. The van der Waals surface area contributed by atoms with Gasteiger partial charge in [-0.2, -0.15) is 0 Å². The second-order valence-electron chi connectivity index (χ2n) is 4.48. The van der Waals surface area contributed by atoms with E-state index < -0.39 is 0 Å². The predicted molar refractivity (Wildman–Crippen MR) is 81.9 cm³/mol. The van der Waals surface area contributed by atoms with E-state index in [0.717, 1.165) is 23.2 Å². The first-order valence-corrected chi connectivity index (χ1v) is 7.53. The molecular weight excluding hydrogens is 252 g/mol. The summed E-state index contributed by atoms with van der Waals surface area (Å²) in [4.78, 5) is 2.48. The molecule has 17 heavy (non-hydrogen) atoms. The van der Waals surface area contributed by atoms with Gasteiger partial charge in [0.1, 0.15) is 4.32 Å². The molecule has 0 saturated carbocycles. The number of rotatable bonds is 8. The Hall–Kier alpha value is 0.160. The summed E-state index contributed by atoms with van der Waals surface area (Å²) in [5.74, 6) is 1.04. The molecule has 0 aliphatic carbocycles. The minimum atomic E-state index is 0.589. The highest BCUT2D eigenvalue weighted by Crippen LogP contribution is 2.08. The zero-order valence-corrected chi connectivity index (χ0v) is 13.3. The van der Waals surface area contributed by atoms with E-state index in [0.29, 0.717) is 18.7 Å². The molecule has 0 rings (SSSR count). The van der Waals surface area contributed by atoms with Crippen LogP contribution in [0.5, 0.6) is 0 Å². The molecule has 0 spiro atoms. The summed E-state index contributed by atoms with van der Waals surface area (Å²) in [6, 6.07) is 1.18. The van der Waals surface area contributed by atoms with Crippen molar-refractivity contribution in [2.45, 2.75) is 39.8 Å². The number of hydrogen-bond donors (Lipinski definition) is 1. The molecule has 0 aromatic rings. The maximum absolute atomic E-state index is 5.23. The van der Waals surface area contributed by atoms with Crippen LogP contribution >= 0.6 is 24.0 Å². The third-order valence-electron chi connectivity index (χ3n) is 2.48. The predicted octanol–water partition coefficient (Wildman–Crippen LogP) is 2.36. The van der Waals surface area contributed by atoms with Crippen LogP contribution in [0.2, 0.25) is 0 Å². The summed E-state index contributed by atoms with van der Waals surface area (Å²) in [5.41, 5.74) is 0. The van der Waals surface area contributed by atoms with Crippen molar-refractivity contribution in [1.29, 1.82) is 0 Å². The lowest BCUT2D eigenvalue weighted by molar-refractivity contribution is 0.187. The monoisotopic (exact) mass is 278 g/mol. The smallest absolute Gasteiger partial charge is 0.133 e. The molecule has 3 nitrogen and oxygen atoms in total. The fraction of sp³-hybridized carbons (Fsp3) is 0.917. The molecular formula is C12H26N2OS2. The standard InChI is InChI=1S/C12H26N2OS2/c1-10(2)14(11(3)4)7-9-17-12(16)13-6-8-15-5/h10-11H,6-9H2,1-5H3,(H,13,16). The maximum Gasteiger partial charge on any atom is 0.133 e. The zero-order valence-electron chi connectivity index (χ0n) is 11.7. The first kappa shape index (κ1) is 17.2. The van der Waals surface area contributed by atoms with Crippen molar-refractivity contribution in [3.63, 3.8) is 0 Å². The van der Waals surface area contributed by atoms with E-state index in [1.54, 1.807) is 18.9 Å². The SMILES string of the molecule is COCCNC(=S)SCCN(C(C)C)C(C)C. The van der Waals surface area contributed by atoms with Crippen LogP contribution in [0.4, 0.5) is 0 Å². The minimum absolute atomic E-state index is 0.589. The van der Waals surface area contributed by atoms with Crippen LogP contribution in [0.15, 0.2) is 0 Å². The summed E-state index contributed by atoms with van der Waals surface area (Å²) in [6.07, 6.45) is 0. The van der Waals surface area contributed by atoms with Crippen LogP contribution in [0.3, 0.4) is 0 Å². The number of hydrogen-bond acceptors (Lipinski definition) is 4. The Morgan fingerprint density at radius 2 is 1.88 bits per heavy atom. The van der Waals surface area contributed by atoms with Gasteiger partial charge in [0.25, 0.3) is 0 Å². The van der Waals surface area contributed by atoms with E-state index in [2.05, 4.69) is 37.9 Å². The van der Waals surface area contributed by atoms with Gasteiger partial charge in [-0.25, -0.2) is 0 Å². The van der Waals surface area contributed by atoms with Gasteiger partial charge in [-0.3, -0.25) is 4.90 Å². The lowest BCUT2D eigenvalue weighted by atomic mass is 10.2. The molecule has 0 aliphatic rings. The average Bonchev–Trinajstić information content (AvgIpc) is 2.23. The summed E-state index contributed by atoms with van der Waals surface area (Å²) >= 11 is 6.94. The molecule has 0 heterocycles. The fourth-order valence-corrected chi connectivity index (χ4v) is 2.71. The van der Waals surface area contributed by atoms with Gasteiger partial charge in [0.05, 0.1) is 6.61 Å². The van der Waals surface area contributed by atoms with Gasteiger partial charge in [0.2, 0.25) is 0 Å². The van der Waals surface area contributed by atoms with Crippen molar-refractivity contribution in [3.05, 3.63) is 0 Å². The van der Waals surface area contributed by atoms with Crippen molar-refractivity contribution in [3.8, 4) is 0 Å². The lowest BCUT2D eigenvalue weighted by Crippen LogP contribution is -2.38. The molecule has 0 aliphatic heterocycles. The van der Waals surface area contributed by atoms with Gasteiger partial charge < -0.3 is 10.1 Å². The molecule has 102 valence electrons. The quantitative estimate of drug-likeness (QED) is 0.543. The van der Waals surface area contributed by atoms with Crippen LogP contribution in [0.25, 0.3) is 0 Å². The van der Waals surface area contributed by atoms with Crippen LogP contribution < -0.4 is 5.32 Å². The minimum Gasteiger partial charge on any atom is -0.383 e. The van der Waals surface area contributed by atoms with Crippen molar-refractivity contribution in [2.24, 2.45) is 0 Å².